The fourth-order valence-corrected chi connectivity index (χ4v) is 3.81. The van der Waals surface area contributed by atoms with Crippen molar-refractivity contribution in [1.82, 2.24) is 5.32 Å². The Labute approximate surface area is 206 Å². The number of aliphatic hydroxyl groups excluding tert-OH is 1. The topological polar surface area (TPSA) is 99.7 Å². The van der Waals surface area contributed by atoms with Crippen LogP contribution in [0.15, 0.2) is 84.9 Å². The van der Waals surface area contributed by atoms with Crippen molar-refractivity contribution < 1.29 is 28.2 Å². The Morgan fingerprint density at radius 2 is 1.61 bits per heavy atom. The zero-order chi connectivity index (χ0) is 25.5. The molecule has 0 bridgehead atoms. The fourth-order valence-electron chi connectivity index (χ4n) is 3.81. The summed E-state index contributed by atoms with van der Waals surface area (Å²) in [6, 6.07) is 18.5. The van der Waals surface area contributed by atoms with E-state index in [4.69, 9.17) is 4.74 Å². The molecule has 0 spiro atoms. The van der Waals surface area contributed by atoms with Gasteiger partial charge in [0.25, 0.3) is 0 Å². The molecule has 0 saturated carbocycles. The second-order valence-electron chi connectivity index (χ2n) is 8.22. The molecule has 9 heteroatoms. The molecule has 0 aromatic heterocycles. The van der Waals surface area contributed by atoms with Gasteiger partial charge in [0, 0.05) is 11.8 Å². The van der Waals surface area contributed by atoms with Crippen molar-refractivity contribution in [2.45, 2.75) is 24.7 Å². The van der Waals surface area contributed by atoms with Crippen molar-refractivity contribution >= 4 is 23.3 Å². The summed E-state index contributed by atoms with van der Waals surface area (Å²) in [7, 11) is 0. The third kappa shape index (κ3) is 6.53. The Hall–Kier alpha value is -4.08. The number of urea groups is 1. The van der Waals surface area contributed by atoms with E-state index >= 15 is 0 Å². The summed E-state index contributed by atoms with van der Waals surface area (Å²) >= 11 is 0. The van der Waals surface area contributed by atoms with Crippen molar-refractivity contribution in [1.29, 1.82) is 0 Å². The summed E-state index contributed by atoms with van der Waals surface area (Å²) in [6.07, 6.45) is 1.76. The van der Waals surface area contributed by atoms with Gasteiger partial charge in [0.1, 0.15) is 17.7 Å². The molecule has 0 unspecified atom stereocenters. The minimum Gasteiger partial charge on any atom is -0.394 e. The van der Waals surface area contributed by atoms with Gasteiger partial charge in [0.15, 0.2) is 0 Å². The molecule has 0 fully saturated rings. The van der Waals surface area contributed by atoms with Gasteiger partial charge in [-0.05, 0) is 35.4 Å². The Morgan fingerprint density at radius 3 is 2.33 bits per heavy atom. The van der Waals surface area contributed by atoms with Gasteiger partial charge in [-0.3, -0.25) is 4.79 Å². The standard InChI is InChI=1S/C27H25F2N3O4/c28-19-8-12-22(29)24(14-19)32-27(35)31-23-13-11-21(36-25(23)16-33)15-26(34)30-20-9-6-18(7-10-20)17-4-2-1-3-5-17/h1-14,21,23,25,33H,15-16H2,(H,30,34)(H2,31,32,35)/t21-,23+,25-/m1/s1. The lowest BCUT2D eigenvalue weighted by Crippen LogP contribution is -2.50. The number of benzene rings is 3. The molecule has 3 amide bonds. The van der Waals surface area contributed by atoms with Crippen LogP contribution in [-0.2, 0) is 9.53 Å². The highest BCUT2D eigenvalue weighted by Crippen LogP contribution is 2.22. The number of rotatable bonds is 7. The smallest absolute Gasteiger partial charge is 0.319 e. The highest BCUT2D eigenvalue weighted by Gasteiger charge is 2.29. The number of carbonyl (C=O) groups is 2. The second-order valence-corrected chi connectivity index (χ2v) is 8.22. The molecular formula is C27H25F2N3O4. The molecule has 0 saturated heterocycles. The summed E-state index contributed by atoms with van der Waals surface area (Å²) in [6.45, 7) is -0.428. The number of ether oxygens (including phenoxy) is 1. The molecule has 3 aromatic rings. The number of halogens is 2. The van der Waals surface area contributed by atoms with E-state index in [1.54, 1.807) is 12.2 Å². The maximum atomic E-state index is 13.8. The van der Waals surface area contributed by atoms with E-state index in [0.29, 0.717) is 5.69 Å². The van der Waals surface area contributed by atoms with Crippen LogP contribution in [0.25, 0.3) is 11.1 Å². The average Bonchev–Trinajstić information content (AvgIpc) is 2.88. The van der Waals surface area contributed by atoms with E-state index in [9.17, 15) is 23.5 Å². The summed E-state index contributed by atoms with van der Waals surface area (Å²) in [5, 5.41) is 17.3. The predicted molar refractivity (Wildman–Crippen MR) is 132 cm³/mol. The molecule has 0 radical (unpaired) electrons. The van der Waals surface area contributed by atoms with Gasteiger partial charge < -0.3 is 25.8 Å². The van der Waals surface area contributed by atoms with E-state index < -0.39 is 42.5 Å². The van der Waals surface area contributed by atoms with Gasteiger partial charge in [-0.25, -0.2) is 13.6 Å². The minimum atomic E-state index is -0.832. The van der Waals surface area contributed by atoms with Crippen LogP contribution in [0.4, 0.5) is 25.0 Å². The first-order chi connectivity index (χ1) is 17.4. The number of hydrogen-bond acceptors (Lipinski definition) is 4. The lowest BCUT2D eigenvalue weighted by Gasteiger charge is -2.31. The number of nitrogens with one attached hydrogen (secondary N) is 3. The van der Waals surface area contributed by atoms with E-state index in [0.717, 1.165) is 29.3 Å². The zero-order valence-electron chi connectivity index (χ0n) is 19.2. The van der Waals surface area contributed by atoms with Crippen LogP contribution in [0.2, 0.25) is 0 Å². The Morgan fingerprint density at radius 1 is 0.889 bits per heavy atom. The molecule has 3 aromatic carbocycles. The maximum Gasteiger partial charge on any atom is 0.319 e. The lowest BCUT2D eigenvalue weighted by molar-refractivity contribution is -0.120. The molecule has 1 aliphatic heterocycles. The maximum absolute atomic E-state index is 13.8. The Bertz CT molecular complexity index is 1240. The SMILES string of the molecule is O=C(C[C@H]1C=C[C@H](NC(=O)Nc2cc(F)ccc2F)[C@@H](CO)O1)Nc1ccc(-c2ccccc2)cc1. The fraction of sp³-hybridized carbons (Fsp3) is 0.185. The number of amides is 3. The number of hydrogen-bond donors (Lipinski definition) is 4. The van der Waals surface area contributed by atoms with Crippen LogP contribution in [0.3, 0.4) is 0 Å². The first-order valence-electron chi connectivity index (χ1n) is 11.3. The molecule has 4 rings (SSSR count). The predicted octanol–water partition coefficient (Wildman–Crippen LogP) is 4.47. The van der Waals surface area contributed by atoms with E-state index in [1.807, 2.05) is 54.6 Å². The van der Waals surface area contributed by atoms with Crippen LogP contribution >= 0.6 is 0 Å². The first kappa shape index (κ1) is 25.0. The van der Waals surface area contributed by atoms with Crippen LogP contribution < -0.4 is 16.0 Å². The van der Waals surface area contributed by atoms with Crippen LogP contribution in [0.5, 0.6) is 0 Å². The summed E-state index contributed by atoms with van der Waals surface area (Å²) < 4.78 is 32.8. The first-order valence-corrected chi connectivity index (χ1v) is 11.3. The Kier molecular flexibility index (Phi) is 8.04. The number of aliphatic hydroxyl groups is 1. The summed E-state index contributed by atoms with van der Waals surface area (Å²) in [5.41, 5.74) is 2.42. The molecule has 36 heavy (non-hydrogen) atoms. The summed E-state index contributed by atoms with van der Waals surface area (Å²) in [5.74, 6) is -1.77. The summed E-state index contributed by atoms with van der Waals surface area (Å²) in [4.78, 5) is 24.8. The van der Waals surface area contributed by atoms with Gasteiger partial charge in [0.2, 0.25) is 5.91 Å². The molecule has 1 heterocycles. The number of carbonyl (C=O) groups excluding carboxylic acids is 2. The van der Waals surface area contributed by atoms with Crippen molar-refractivity contribution in [2.24, 2.45) is 0 Å². The highest BCUT2D eigenvalue weighted by molar-refractivity contribution is 5.91. The second kappa shape index (κ2) is 11.6. The monoisotopic (exact) mass is 493 g/mol. The third-order valence-corrected chi connectivity index (χ3v) is 5.60. The molecule has 7 nitrogen and oxygen atoms in total. The largest absolute Gasteiger partial charge is 0.394 e. The van der Waals surface area contributed by atoms with Gasteiger partial charge >= 0.3 is 6.03 Å². The van der Waals surface area contributed by atoms with Gasteiger partial charge in [0.05, 0.1) is 30.9 Å². The van der Waals surface area contributed by atoms with Crippen molar-refractivity contribution in [2.75, 3.05) is 17.2 Å². The molecular weight excluding hydrogens is 468 g/mol. The zero-order valence-corrected chi connectivity index (χ0v) is 19.2. The molecule has 186 valence electrons. The molecule has 0 aliphatic carbocycles. The van der Waals surface area contributed by atoms with Crippen LogP contribution in [-0.4, -0.2) is 41.9 Å². The van der Waals surface area contributed by atoms with E-state index in [2.05, 4.69) is 16.0 Å². The van der Waals surface area contributed by atoms with Crippen molar-refractivity contribution in [3.8, 4) is 11.1 Å². The third-order valence-electron chi connectivity index (χ3n) is 5.60. The van der Waals surface area contributed by atoms with Gasteiger partial charge in [-0.1, -0.05) is 54.6 Å². The van der Waals surface area contributed by atoms with Gasteiger partial charge in [-0.15, -0.1) is 0 Å². The van der Waals surface area contributed by atoms with Crippen molar-refractivity contribution in [3.05, 3.63) is 96.6 Å². The van der Waals surface area contributed by atoms with Crippen molar-refractivity contribution in [3.63, 3.8) is 0 Å². The average molecular weight is 494 g/mol. The van der Waals surface area contributed by atoms with E-state index in [1.165, 1.54) is 0 Å². The number of anilines is 2. The normalized spacial score (nSPS) is 18.9. The van der Waals surface area contributed by atoms with Crippen LogP contribution in [0, 0.1) is 11.6 Å². The van der Waals surface area contributed by atoms with Gasteiger partial charge in [-0.2, -0.15) is 0 Å². The lowest BCUT2D eigenvalue weighted by atomic mass is 10.0. The van der Waals surface area contributed by atoms with E-state index in [-0.39, 0.29) is 18.0 Å². The molecule has 1 aliphatic rings. The minimum absolute atomic E-state index is 0.000850. The van der Waals surface area contributed by atoms with Crippen LogP contribution in [0.1, 0.15) is 6.42 Å². The molecule has 3 atom stereocenters. The molecule has 4 N–H and O–H groups in total. The Balaban J connectivity index is 1.30. The quantitative estimate of drug-likeness (QED) is 0.365. The highest BCUT2D eigenvalue weighted by atomic mass is 19.1.